The molecule has 0 saturated heterocycles. The van der Waals surface area contributed by atoms with Gasteiger partial charge in [0.2, 0.25) is 5.91 Å². The van der Waals surface area contributed by atoms with Gasteiger partial charge in [0.15, 0.2) is 0 Å². The Bertz CT molecular complexity index is 838. The van der Waals surface area contributed by atoms with Gasteiger partial charge in [-0.3, -0.25) is 14.5 Å². The smallest absolute Gasteiger partial charge is 0.255 e. The number of pyridine rings is 1. The molecule has 0 unspecified atom stereocenters. The summed E-state index contributed by atoms with van der Waals surface area (Å²) in [6.45, 7) is 2.52. The maximum Gasteiger partial charge on any atom is 0.255 e. The van der Waals surface area contributed by atoms with Crippen molar-refractivity contribution in [2.45, 2.75) is 19.9 Å². The number of aromatic nitrogens is 1. The zero-order valence-electron chi connectivity index (χ0n) is 14.0. The van der Waals surface area contributed by atoms with Crippen LogP contribution in [0.15, 0.2) is 34.9 Å². The lowest BCUT2D eigenvalue weighted by molar-refractivity contribution is -0.116. The van der Waals surface area contributed by atoms with Crippen molar-refractivity contribution in [3.63, 3.8) is 0 Å². The fourth-order valence-electron chi connectivity index (χ4n) is 2.64. The first kappa shape index (κ1) is 17.4. The summed E-state index contributed by atoms with van der Waals surface area (Å²) in [5, 5.41) is 2.89. The number of nitrogens with zero attached hydrogens (tertiary/aromatic N) is 2. The summed E-state index contributed by atoms with van der Waals surface area (Å²) in [6.07, 6.45) is 2.45. The van der Waals surface area contributed by atoms with Crippen LogP contribution in [0.1, 0.15) is 28.4 Å². The van der Waals surface area contributed by atoms with Gasteiger partial charge in [0.25, 0.3) is 5.91 Å². The third-order valence-electron chi connectivity index (χ3n) is 4.07. The molecule has 2 heterocycles. The number of anilines is 1. The highest BCUT2D eigenvalue weighted by Crippen LogP contribution is 2.26. The standard InChI is InChI=1S/C18H18BrN3O3/c1-11(23)22(2)17-15(8-14(19)10-20-17)18(24)21-9-12-3-4-16-13(7-12)5-6-25-16/h3-4,7-8,10H,5-6,9H2,1-2H3,(H,21,24). The van der Waals surface area contributed by atoms with Gasteiger partial charge in [-0.25, -0.2) is 4.98 Å². The number of nitrogens with one attached hydrogen (secondary N) is 1. The number of carbonyl (C=O) groups is 2. The number of rotatable bonds is 4. The van der Waals surface area contributed by atoms with Crippen molar-refractivity contribution in [3.05, 3.63) is 51.6 Å². The van der Waals surface area contributed by atoms with Crippen molar-refractivity contribution < 1.29 is 14.3 Å². The fourth-order valence-corrected chi connectivity index (χ4v) is 2.97. The number of halogens is 1. The second-order valence-corrected chi connectivity index (χ2v) is 6.74. The van der Waals surface area contributed by atoms with Crippen LogP contribution in [0.3, 0.4) is 0 Å². The monoisotopic (exact) mass is 403 g/mol. The number of hydrogen-bond acceptors (Lipinski definition) is 4. The van der Waals surface area contributed by atoms with Gasteiger partial charge in [0.1, 0.15) is 11.6 Å². The molecule has 130 valence electrons. The van der Waals surface area contributed by atoms with Gasteiger partial charge < -0.3 is 10.1 Å². The van der Waals surface area contributed by atoms with Gasteiger partial charge >= 0.3 is 0 Å². The van der Waals surface area contributed by atoms with Gasteiger partial charge in [-0.05, 0) is 39.2 Å². The van der Waals surface area contributed by atoms with E-state index in [9.17, 15) is 9.59 Å². The van der Waals surface area contributed by atoms with Crippen LogP contribution in [0, 0.1) is 0 Å². The first-order valence-corrected chi connectivity index (χ1v) is 8.67. The molecule has 1 aliphatic rings. The topological polar surface area (TPSA) is 71.5 Å². The fraction of sp³-hybridized carbons (Fsp3) is 0.278. The molecule has 2 amide bonds. The summed E-state index contributed by atoms with van der Waals surface area (Å²) in [7, 11) is 1.59. The van der Waals surface area contributed by atoms with Gasteiger partial charge in [-0.15, -0.1) is 0 Å². The summed E-state index contributed by atoms with van der Waals surface area (Å²) >= 11 is 3.32. The summed E-state index contributed by atoms with van der Waals surface area (Å²) in [5.41, 5.74) is 2.51. The molecule has 1 aromatic carbocycles. The maximum atomic E-state index is 12.6. The molecule has 7 heteroatoms. The molecule has 2 aromatic rings. The zero-order valence-corrected chi connectivity index (χ0v) is 15.6. The number of ether oxygens (including phenoxy) is 1. The van der Waals surface area contributed by atoms with E-state index in [0.717, 1.165) is 23.3 Å². The van der Waals surface area contributed by atoms with E-state index in [4.69, 9.17) is 4.74 Å². The highest BCUT2D eigenvalue weighted by molar-refractivity contribution is 9.10. The van der Waals surface area contributed by atoms with E-state index in [1.54, 1.807) is 19.3 Å². The van der Waals surface area contributed by atoms with Gasteiger partial charge in [0, 0.05) is 37.6 Å². The quantitative estimate of drug-likeness (QED) is 0.851. The molecular formula is C18H18BrN3O3. The Morgan fingerprint density at radius 1 is 1.36 bits per heavy atom. The molecule has 0 spiro atoms. The Kier molecular flexibility index (Phi) is 5.03. The van der Waals surface area contributed by atoms with Crippen LogP contribution in [0.4, 0.5) is 5.82 Å². The first-order valence-electron chi connectivity index (χ1n) is 7.88. The molecule has 0 atom stereocenters. The maximum absolute atomic E-state index is 12.6. The molecule has 6 nitrogen and oxygen atoms in total. The van der Waals surface area contributed by atoms with Crippen LogP contribution in [0.5, 0.6) is 5.75 Å². The largest absolute Gasteiger partial charge is 0.493 e. The normalized spacial score (nSPS) is 12.3. The number of hydrogen-bond donors (Lipinski definition) is 1. The molecule has 0 radical (unpaired) electrons. The van der Waals surface area contributed by atoms with E-state index in [0.29, 0.717) is 29.0 Å². The summed E-state index contributed by atoms with van der Waals surface area (Å²) < 4.78 is 6.16. The van der Waals surface area contributed by atoms with E-state index in [1.807, 2.05) is 18.2 Å². The van der Waals surface area contributed by atoms with E-state index < -0.39 is 0 Å². The Hall–Kier alpha value is -2.41. The molecule has 1 N–H and O–H groups in total. The first-order chi connectivity index (χ1) is 12.0. The van der Waals surface area contributed by atoms with Crippen molar-refractivity contribution in [1.82, 2.24) is 10.3 Å². The average Bonchev–Trinajstić information content (AvgIpc) is 3.06. The SMILES string of the molecule is CC(=O)N(C)c1ncc(Br)cc1C(=O)NCc1ccc2c(c1)CCO2. The Morgan fingerprint density at radius 3 is 2.92 bits per heavy atom. The lowest BCUT2D eigenvalue weighted by Gasteiger charge is -2.17. The molecule has 0 saturated carbocycles. The zero-order chi connectivity index (χ0) is 18.0. The predicted octanol–water partition coefficient (Wildman–Crippen LogP) is 2.69. The summed E-state index contributed by atoms with van der Waals surface area (Å²) in [5.74, 6) is 0.767. The molecule has 3 rings (SSSR count). The Labute approximate surface area is 154 Å². The minimum atomic E-state index is -0.284. The van der Waals surface area contributed by atoms with Gasteiger partial charge in [-0.1, -0.05) is 12.1 Å². The highest BCUT2D eigenvalue weighted by atomic mass is 79.9. The van der Waals surface area contributed by atoms with Crippen LogP contribution in [0.2, 0.25) is 0 Å². The summed E-state index contributed by atoms with van der Waals surface area (Å²) in [6, 6.07) is 7.57. The van der Waals surface area contributed by atoms with Crippen LogP contribution in [0.25, 0.3) is 0 Å². The van der Waals surface area contributed by atoms with Crippen LogP contribution in [-0.4, -0.2) is 30.5 Å². The lowest BCUT2D eigenvalue weighted by atomic mass is 10.1. The number of fused-ring (bicyclic) bond motifs is 1. The van der Waals surface area contributed by atoms with Crippen LogP contribution in [-0.2, 0) is 17.8 Å². The second kappa shape index (κ2) is 7.23. The minimum absolute atomic E-state index is 0.192. The van der Waals surface area contributed by atoms with E-state index in [1.165, 1.54) is 11.8 Å². The van der Waals surface area contributed by atoms with Crippen molar-refractivity contribution in [2.24, 2.45) is 0 Å². The van der Waals surface area contributed by atoms with E-state index >= 15 is 0 Å². The van der Waals surface area contributed by atoms with E-state index in [-0.39, 0.29) is 11.8 Å². The molecule has 0 bridgehead atoms. The molecule has 1 aliphatic heterocycles. The minimum Gasteiger partial charge on any atom is -0.493 e. The molecule has 0 aliphatic carbocycles. The van der Waals surface area contributed by atoms with E-state index in [2.05, 4.69) is 26.2 Å². The third-order valence-corrected chi connectivity index (χ3v) is 4.51. The van der Waals surface area contributed by atoms with Crippen LogP contribution >= 0.6 is 15.9 Å². The number of carbonyl (C=O) groups excluding carboxylic acids is 2. The second-order valence-electron chi connectivity index (χ2n) is 5.83. The molecule has 0 fully saturated rings. The molecule has 25 heavy (non-hydrogen) atoms. The Morgan fingerprint density at radius 2 is 2.16 bits per heavy atom. The van der Waals surface area contributed by atoms with Crippen LogP contribution < -0.4 is 15.0 Å². The van der Waals surface area contributed by atoms with Gasteiger partial charge in [0.05, 0.1) is 12.2 Å². The molecular weight excluding hydrogens is 386 g/mol. The van der Waals surface area contributed by atoms with Crippen molar-refractivity contribution in [3.8, 4) is 5.75 Å². The summed E-state index contributed by atoms with van der Waals surface area (Å²) in [4.78, 5) is 29.8. The predicted molar refractivity (Wildman–Crippen MR) is 97.8 cm³/mol. The average molecular weight is 404 g/mol. The lowest BCUT2D eigenvalue weighted by Crippen LogP contribution is -2.30. The molecule has 1 aromatic heterocycles. The Balaban J connectivity index is 1.77. The number of amides is 2. The van der Waals surface area contributed by atoms with Crippen molar-refractivity contribution in [2.75, 3.05) is 18.6 Å². The van der Waals surface area contributed by atoms with Crippen molar-refractivity contribution >= 4 is 33.6 Å². The number of benzene rings is 1. The highest BCUT2D eigenvalue weighted by Gasteiger charge is 2.19. The van der Waals surface area contributed by atoms with Crippen molar-refractivity contribution in [1.29, 1.82) is 0 Å². The third kappa shape index (κ3) is 3.82. The van der Waals surface area contributed by atoms with Gasteiger partial charge in [-0.2, -0.15) is 0 Å².